The molecule has 0 fully saturated rings. The topological polar surface area (TPSA) is 101 Å². The van der Waals surface area contributed by atoms with Crippen molar-refractivity contribution in [3.63, 3.8) is 0 Å². The Hall–Kier alpha value is -2.96. The number of aliphatic hydroxyl groups is 3. The largest absolute Gasteiger partial charge is 0.394 e. The van der Waals surface area contributed by atoms with Gasteiger partial charge in [-0.05, 0) is 35.9 Å². The van der Waals surface area contributed by atoms with Crippen LogP contribution in [0.2, 0.25) is 0 Å². The molecule has 0 radical (unpaired) electrons. The number of ether oxygens (including phenoxy) is 1. The van der Waals surface area contributed by atoms with E-state index in [0.29, 0.717) is 0 Å². The number of hydrogen-bond acceptors (Lipinski definition) is 7. The number of halogens is 3. The van der Waals surface area contributed by atoms with Crippen LogP contribution in [-0.4, -0.2) is 60.7 Å². The smallest absolute Gasteiger partial charge is 0.194 e. The molecule has 4 aromatic rings. The summed E-state index contributed by atoms with van der Waals surface area (Å²) in [5.74, 6) is -4.29. The van der Waals surface area contributed by atoms with Crippen molar-refractivity contribution < 1.29 is 33.2 Å². The third-order valence-electron chi connectivity index (χ3n) is 5.53. The summed E-state index contributed by atoms with van der Waals surface area (Å²) in [5, 5.41) is 40.4. The van der Waals surface area contributed by atoms with Gasteiger partial charge in [0.15, 0.2) is 17.5 Å². The maximum atomic E-state index is 13.6. The molecule has 11 heteroatoms. The number of rotatable bonds is 10. The summed E-state index contributed by atoms with van der Waals surface area (Å²) >= 11 is 1.22. The summed E-state index contributed by atoms with van der Waals surface area (Å²) in [7, 11) is 0. The minimum atomic E-state index is -1.58. The first-order valence-electron chi connectivity index (χ1n) is 11.1. The standard InChI is InChI=1S/C25H24F3N3O4S/c1-14(33)22(13-32)35-25(36-23-8-4-6-15-5-2-3-7-17(15)23)21(34)12-31-11-20(29-30-31)16-9-18(26)24(28)19(27)10-16/h2-11,14,21-22,25,32-34H,12-13H2,1H3/t14-,21+,22?,25?/m1/s1. The molecule has 36 heavy (non-hydrogen) atoms. The fourth-order valence-corrected chi connectivity index (χ4v) is 4.76. The quantitative estimate of drug-likeness (QED) is 0.167. The fraction of sp³-hybridized carbons (Fsp3) is 0.280. The first kappa shape index (κ1) is 26.1. The van der Waals surface area contributed by atoms with Crippen LogP contribution < -0.4 is 0 Å². The van der Waals surface area contributed by atoms with Gasteiger partial charge in [-0.2, -0.15) is 0 Å². The number of thioether (sulfide) groups is 1. The van der Waals surface area contributed by atoms with Gasteiger partial charge in [-0.25, -0.2) is 17.9 Å². The molecule has 0 saturated heterocycles. The molecule has 0 aliphatic rings. The van der Waals surface area contributed by atoms with Crippen LogP contribution in [0.3, 0.4) is 0 Å². The predicted molar refractivity (Wildman–Crippen MR) is 129 cm³/mol. The van der Waals surface area contributed by atoms with Crippen LogP contribution in [0.1, 0.15) is 6.92 Å². The molecule has 0 saturated carbocycles. The van der Waals surface area contributed by atoms with Crippen molar-refractivity contribution in [2.45, 2.75) is 42.1 Å². The van der Waals surface area contributed by atoms with E-state index in [-0.39, 0.29) is 17.8 Å². The summed E-state index contributed by atoms with van der Waals surface area (Å²) in [6, 6.07) is 15.0. The third kappa shape index (κ3) is 5.88. The predicted octanol–water partition coefficient (Wildman–Crippen LogP) is 3.75. The van der Waals surface area contributed by atoms with Crippen molar-refractivity contribution in [1.29, 1.82) is 0 Å². The normalized spacial score (nSPS) is 15.1. The van der Waals surface area contributed by atoms with Crippen LogP contribution in [0.25, 0.3) is 22.0 Å². The minimum Gasteiger partial charge on any atom is -0.394 e. The number of benzene rings is 3. The molecule has 0 spiro atoms. The maximum absolute atomic E-state index is 13.6. The number of aliphatic hydroxyl groups excluding tert-OH is 3. The highest BCUT2D eigenvalue weighted by molar-refractivity contribution is 8.00. The molecule has 7 nitrogen and oxygen atoms in total. The van der Waals surface area contributed by atoms with E-state index in [9.17, 15) is 28.5 Å². The number of hydrogen-bond donors (Lipinski definition) is 3. The van der Waals surface area contributed by atoms with E-state index in [0.717, 1.165) is 27.8 Å². The lowest BCUT2D eigenvalue weighted by molar-refractivity contribution is -0.0972. The van der Waals surface area contributed by atoms with Gasteiger partial charge in [0.2, 0.25) is 0 Å². The van der Waals surface area contributed by atoms with Gasteiger partial charge in [-0.3, -0.25) is 0 Å². The third-order valence-corrected chi connectivity index (χ3v) is 6.79. The highest BCUT2D eigenvalue weighted by Gasteiger charge is 2.28. The molecule has 190 valence electrons. The van der Waals surface area contributed by atoms with E-state index < -0.39 is 47.8 Å². The van der Waals surface area contributed by atoms with E-state index in [2.05, 4.69) is 10.3 Å². The van der Waals surface area contributed by atoms with Gasteiger partial charge in [-0.15, -0.1) is 5.10 Å². The molecule has 4 rings (SSSR count). The Morgan fingerprint density at radius 3 is 2.42 bits per heavy atom. The molecular weight excluding hydrogens is 495 g/mol. The van der Waals surface area contributed by atoms with Crippen molar-refractivity contribution >= 4 is 22.5 Å². The van der Waals surface area contributed by atoms with Crippen molar-refractivity contribution in [2.75, 3.05) is 6.61 Å². The van der Waals surface area contributed by atoms with Gasteiger partial charge in [-0.1, -0.05) is 53.4 Å². The SMILES string of the molecule is C[C@@H](O)C(CO)OC(Sc1cccc2ccccc12)[C@@H](O)Cn1cc(-c2cc(F)c(F)c(F)c2)nn1. The molecule has 3 aromatic carbocycles. The van der Waals surface area contributed by atoms with Crippen LogP contribution >= 0.6 is 11.8 Å². The Balaban J connectivity index is 1.58. The lowest BCUT2D eigenvalue weighted by atomic mass is 10.1. The van der Waals surface area contributed by atoms with Gasteiger partial charge in [0, 0.05) is 10.5 Å². The highest BCUT2D eigenvalue weighted by atomic mass is 32.2. The van der Waals surface area contributed by atoms with Gasteiger partial charge in [0.05, 0.1) is 25.5 Å². The number of aromatic nitrogens is 3. The van der Waals surface area contributed by atoms with E-state index in [1.807, 2.05) is 42.5 Å². The van der Waals surface area contributed by atoms with Crippen LogP contribution in [0, 0.1) is 17.5 Å². The molecule has 1 aromatic heterocycles. The average molecular weight is 520 g/mol. The van der Waals surface area contributed by atoms with Crippen molar-refractivity contribution in [1.82, 2.24) is 15.0 Å². The average Bonchev–Trinajstić information content (AvgIpc) is 3.33. The molecular formula is C25H24F3N3O4S. The summed E-state index contributed by atoms with van der Waals surface area (Å²) in [5.41, 5.74) is -0.869. The summed E-state index contributed by atoms with van der Waals surface area (Å²) in [6.07, 6.45) is -1.80. The van der Waals surface area contributed by atoms with Crippen molar-refractivity contribution in [2.24, 2.45) is 0 Å². The summed E-state index contributed by atoms with van der Waals surface area (Å²) < 4.78 is 47.7. The second kappa shape index (κ2) is 11.4. The zero-order valence-electron chi connectivity index (χ0n) is 19.1. The number of nitrogens with zero attached hydrogens (tertiary/aromatic N) is 3. The lowest BCUT2D eigenvalue weighted by Crippen LogP contribution is -2.39. The van der Waals surface area contributed by atoms with Gasteiger partial charge >= 0.3 is 0 Å². The lowest BCUT2D eigenvalue weighted by Gasteiger charge is -2.28. The first-order valence-corrected chi connectivity index (χ1v) is 12.0. The van der Waals surface area contributed by atoms with E-state index in [4.69, 9.17) is 4.74 Å². The van der Waals surface area contributed by atoms with Crippen molar-refractivity contribution in [3.05, 3.63) is 78.2 Å². The van der Waals surface area contributed by atoms with Gasteiger partial charge in [0.25, 0.3) is 0 Å². The Labute approximate surface area is 209 Å². The molecule has 2 unspecified atom stereocenters. The van der Waals surface area contributed by atoms with Crippen LogP contribution in [0.15, 0.2) is 65.7 Å². The Morgan fingerprint density at radius 2 is 1.72 bits per heavy atom. The zero-order valence-corrected chi connectivity index (χ0v) is 19.9. The fourth-order valence-electron chi connectivity index (χ4n) is 3.60. The zero-order chi connectivity index (χ0) is 25.8. The second-order valence-electron chi connectivity index (χ2n) is 8.21. The molecule has 3 N–H and O–H groups in total. The molecule has 4 atom stereocenters. The van der Waals surface area contributed by atoms with E-state index in [1.165, 1.54) is 29.6 Å². The Bertz CT molecular complexity index is 1310. The highest BCUT2D eigenvalue weighted by Crippen LogP contribution is 2.34. The maximum Gasteiger partial charge on any atom is 0.194 e. The molecule has 0 aliphatic carbocycles. The van der Waals surface area contributed by atoms with Gasteiger partial charge in [0.1, 0.15) is 23.3 Å². The molecule has 0 amide bonds. The van der Waals surface area contributed by atoms with Crippen LogP contribution in [0.4, 0.5) is 13.2 Å². The second-order valence-corrected chi connectivity index (χ2v) is 9.35. The first-order chi connectivity index (χ1) is 17.3. The van der Waals surface area contributed by atoms with E-state index in [1.54, 1.807) is 0 Å². The molecule has 1 heterocycles. The van der Waals surface area contributed by atoms with Gasteiger partial charge < -0.3 is 20.1 Å². The Kier molecular flexibility index (Phi) is 8.27. The summed E-state index contributed by atoms with van der Waals surface area (Å²) in [6.45, 7) is 0.878. The monoisotopic (exact) mass is 519 g/mol. The number of fused-ring (bicyclic) bond motifs is 1. The minimum absolute atomic E-state index is 0.0143. The van der Waals surface area contributed by atoms with E-state index >= 15 is 0 Å². The summed E-state index contributed by atoms with van der Waals surface area (Å²) in [4.78, 5) is 0.816. The van der Waals surface area contributed by atoms with Crippen LogP contribution in [-0.2, 0) is 11.3 Å². The molecule has 0 bridgehead atoms. The molecule has 0 aliphatic heterocycles. The Morgan fingerprint density at radius 1 is 1.03 bits per heavy atom. The van der Waals surface area contributed by atoms with Crippen molar-refractivity contribution in [3.8, 4) is 11.3 Å². The van der Waals surface area contributed by atoms with Crippen LogP contribution in [0.5, 0.6) is 0 Å².